The smallest absolute Gasteiger partial charge is 0.338 e. The summed E-state index contributed by atoms with van der Waals surface area (Å²) in [6.45, 7) is 3.89. The maximum absolute atomic E-state index is 12.7. The second-order valence-corrected chi connectivity index (χ2v) is 8.86. The zero-order chi connectivity index (χ0) is 22.3. The number of esters is 1. The van der Waals surface area contributed by atoms with Crippen LogP contribution in [0.3, 0.4) is 0 Å². The van der Waals surface area contributed by atoms with E-state index in [0.29, 0.717) is 6.54 Å². The quantitative estimate of drug-likeness (QED) is 0.545. The van der Waals surface area contributed by atoms with E-state index in [4.69, 9.17) is 16.3 Å². The molecule has 0 saturated carbocycles. The fourth-order valence-electron chi connectivity index (χ4n) is 2.80. The van der Waals surface area contributed by atoms with Gasteiger partial charge in [0.05, 0.1) is 10.6 Å². The molecule has 1 amide bonds. The number of rotatable bonds is 9. The van der Waals surface area contributed by atoms with Gasteiger partial charge in [-0.1, -0.05) is 55.8 Å². The van der Waals surface area contributed by atoms with Gasteiger partial charge in [-0.05, 0) is 23.8 Å². The van der Waals surface area contributed by atoms with Crippen LogP contribution in [0.1, 0.15) is 29.8 Å². The maximum Gasteiger partial charge on any atom is 0.338 e. The maximum atomic E-state index is 12.7. The summed E-state index contributed by atoms with van der Waals surface area (Å²) in [5.74, 6) is -1.18. The van der Waals surface area contributed by atoms with Crippen molar-refractivity contribution in [3.05, 3.63) is 64.7 Å². The van der Waals surface area contributed by atoms with Crippen LogP contribution in [0, 0.1) is 0 Å². The number of sulfonamides is 1. The molecule has 9 heteroatoms. The number of carbonyl (C=O) groups excluding carboxylic acids is 2. The highest BCUT2D eigenvalue weighted by Gasteiger charge is 2.26. The Bertz CT molecular complexity index is 992. The Morgan fingerprint density at radius 2 is 1.67 bits per heavy atom. The molecule has 162 valence electrons. The van der Waals surface area contributed by atoms with Gasteiger partial charge in [-0.15, -0.1) is 0 Å². The normalized spacial score (nSPS) is 11.4. The van der Waals surface area contributed by atoms with Gasteiger partial charge in [-0.3, -0.25) is 4.79 Å². The summed E-state index contributed by atoms with van der Waals surface area (Å²) in [6.07, 6.45) is 0. The number of ether oxygens (including phenoxy) is 1. The van der Waals surface area contributed by atoms with Gasteiger partial charge in [0.2, 0.25) is 10.0 Å². The molecule has 2 aromatic carbocycles. The molecule has 0 aliphatic carbocycles. The van der Waals surface area contributed by atoms with E-state index in [1.807, 2.05) is 30.3 Å². The molecule has 0 unspecified atom stereocenters. The molecule has 0 N–H and O–H groups in total. The molecule has 0 bridgehead atoms. The van der Waals surface area contributed by atoms with E-state index in [2.05, 4.69) is 0 Å². The predicted octanol–water partition coefficient (Wildman–Crippen LogP) is 3.19. The Morgan fingerprint density at radius 1 is 1.03 bits per heavy atom. The van der Waals surface area contributed by atoms with Crippen molar-refractivity contribution in [1.29, 1.82) is 0 Å². The highest BCUT2D eigenvalue weighted by molar-refractivity contribution is 7.89. The summed E-state index contributed by atoms with van der Waals surface area (Å²) < 4.78 is 31.8. The third-order valence-electron chi connectivity index (χ3n) is 4.51. The Hall–Kier alpha value is -2.42. The summed E-state index contributed by atoms with van der Waals surface area (Å²) in [5.41, 5.74) is 0.951. The molecule has 0 radical (unpaired) electrons. The van der Waals surface area contributed by atoms with E-state index in [0.717, 1.165) is 5.56 Å². The number of benzene rings is 2. The van der Waals surface area contributed by atoms with Crippen LogP contribution in [0.4, 0.5) is 0 Å². The number of amides is 1. The Balaban J connectivity index is 2.08. The first-order valence-electron chi connectivity index (χ1n) is 9.45. The highest BCUT2D eigenvalue weighted by atomic mass is 35.5. The van der Waals surface area contributed by atoms with Gasteiger partial charge >= 0.3 is 5.97 Å². The predicted molar refractivity (Wildman–Crippen MR) is 115 cm³/mol. The minimum Gasteiger partial charge on any atom is -0.452 e. The first kappa shape index (κ1) is 23.9. The molecular weight excluding hydrogens is 428 g/mol. The molecule has 0 heterocycles. The lowest BCUT2D eigenvalue weighted by Crippen LogP contribution is -2.31. The average Bonchev–Trinajstić information content (AvgIpc) is 2.73. The topological polar surface area (TPSA) is 84.0 Å². The van der Waals surface area contributed by atoms with Gasteiger partial charge in [0.15, 0.2) is 6.61 Å². The van der Waals surface area contributed by atoms with Crippen molar-refractivity contribution in [1.82, 2.24) is 9.21 Å². The largest absolute Gasteiger partial charge is 0.452 e. The number of halogens is 1. The van der Waals surface area contributed by atoms with Gasteiger partial charge in [-0.2, -0.15) is 4.31 Å². The van der Waals surface area contributed by atoms with Gasteiger partial charge in [0.25, 0.3) is 5.91 Å². The summed E-state index contributed by atoms with van der Waals surface area (Å²) in [7, 11) is -2.24. The summed E-state index contributed by atoms with van der Waals surface area (Å²) >= 11 is 6.07. The van der Waals surface area contributed by atoms with Crippen molar-refractivity contribution in [2.75, 3.05) is 26.7 Å². The van der Waals surface area contributed by atoms with Crippen LogP contribution in [0.2, 0.25) is 5.02 Å². The zero-order valence-electron chi connectivity index (χ0n) is 17.2. The van der Waals surface area contributed by atoms with Crippen LogP contribution < -0.4 is 0 Å². The van der Waals surface area contributed by atoms with Crippen molar-refractivity contribution in [2.24, 2.45) is 0 Å². The molecule has 0 saturated heterocycles. The number of likely N-dealkylation sites (N-methyl/N-ethyl adjacent to an activating group) is 1. The zero-order valence-corrected chi connectivity index (χ0v) is 18.7. The fourth-order valence-corrected chi connectivity index (χ4v) is 4.76. The van der Waals surface area contributed by atoms with Crippen molar-refractivity contribution >= 4 is 33.5 Å². The van der Waals surface area contributed by atoms with Crippen molar-refractivity contribution in [3.63, 3.8) is 0 Å². The number of hydrogen-bond donors (Lipinski definition) is 0. The van der Waals surface area contributed by atoms with E-state index in [-0.39, 0.29) is 34.5 Å². The number of nitrogens with zero attached hydrogens (tertiary/aromatic N) is 2. The third kappa shape index (κ3) is 5.81. The second-order valence-electron chi connectivity index (χ2n) is 6.55. The first-order chi connectivity index (χ1) is 14.2. The molecule has 2 rings (SSSR count). The van der Waals surface area contributed by atoms with Crippen LogP contribution >= 0.6 is 11.6 Å². The molecule has 0 aromatic heterocycles. The van der Waals surface area contributed by atoms with Gasteiger partial charge in [0.1, 0.15) is 4.90 Å². The van der Waals surface area contributed by atoms with Crippen LogP contribution in [-0.2, 0) is 26.1 Å². The molecule has 0 spiro atoms. The second kappa shape index (κ2) is 10.6. The Morgan fingerprint density at radius 3 is 2.27 bits per heavy atom. The third-order valence-corrected chi connectivity index (χ3v) is 7.04. The number of hydrogen-bond acceptors (Lipinski definition) is 5. The first-order valence-corrected chi connectivity index (χ1v) is 11.3. The van der Waals surface area contributed by atoms with E-state index < -0.39 is 22.6 Å². The lowest BCUT2D eigenvalue weighted by molar-refractivity contribution is -0.133. The summed E-state index contributed by atoms with van der Waals surface area (Å²) in [5, 5.41) is 0.0112. The monoisotopic (exact) mass is 452 g/mol. The van der Waals surface area contributed by atoms with Gasteiger partial charge in [-0.25, -0.2) is 13.2 Å². The van der Waals surface area contributed by atoms with Crippen molar-refractivity contribution in [2.45, 2.75) is 25.3 Å². The van der Waals surface area contributed by atoms with Crippen LogP contribution in [0.15, 0.2) is 53.4 Å². The summed E-state index contributed by atoms with van der Waals surface area (Å²) in [6, 6.07) is 13.3. The molecule has 7 nitrogen and oxygen atoms in total. The fraction of sp³-hybridized carbons (Fsp3) is 0.333. The van der Waals surface area contributed by atoms with Crippen molar-refractivity contribution in [3.8, 4) is 0 Å². The minimum atomic E-state index is -3.85. The lowest BCUT2D eigenvalue weighted by Gasteiger charge is -2.19. The van der Waals surface area contributed by atoms with Crippen molar-refractivity contribution < 1.29 is 22.7 Å². The Labute approximate surface area is 182 Å². The lowest BCUT2D eigenvalue weighted by atomic mass is 10.2. The minimum absolute atomic E-state index is 0.00337. The Kier molecular flexibility index (Phi) is 8.40. The molecule has 0 atom stereocenters. The SMILES string of the molecule is CCN(CC)S(=O)(=O)c1cc(C(=O)OCC(=O)N(C)Cc2ccccc2)ccc1Cl. The van der Waals surface area contributed by atoms with Gasteiger partial charge in [0, 0.05) is 26.7 Å². The average molecular weight is 453 g/mol. The van der Waals surface area contributed by atoms with E-state index in [1.54, 1.807) is 20.9 Å². The molecule has 2 aromatic rings. The standard InChI is InChI=1S/C21H25ClN2O5S/c1-4-24(5-2)30(27,28)19-13-17(11-12-18(19)22)21(26)29-15-20(25)23(3)14-16-9-7-6-8-10-16/h6-13H,4-5,14-15H2,1-3H3. The highest BCUT2D eigenvalue weighted by Crippen LogP contribution is 2.26. The number of carbonyl (C=O) groups is 2. The molecular formula is C21H25ClN2O5S. The molecule has 30 heavy (non-hydrogen) atoms. The summed E-state index contributed by atoms with van der Waals surface area (Å²) in [4.78, 5) is 25.9. The van der Waals surface area contributed by atoms with Gasteiger partial charge < -0.3 is 9.64 Å². The van der Waals surface area contributed by atoms with E-state index in [1.165, 1.54) is 27.4 Å². The van der Waals surface area contributed by atoms with Crippen LogP contribution in [0.25, 0.3) is 0 Å². The molecule has 0 aliphatic heterocycles. The van der Waals surface area contributed by atoms with Crippen LogP contribution in [-0.4, -0.2) is 56.2 Å². The van der Waals surface area contributed by atoms with E-state index >= 15 is 0 Å². The van der Waals surface area contributed by atoms with E-state index in [9.17, 15) is 18.0 Å². The molecule has 0 fully saturated rings. The van der Waals surface area contributed by atoms with Crippen LogP contribution in [0.5, 0.6) is 0 Å². The molecule has 0 aliphatic rings.